The second-order valence-electron chi connectivity index (χ2n) is 7.08. The number of nitrogens with one attached hydrogen (secondary N) is 1. The van der Waals surface area contributed by atoms with Crippen molar-refractivity contribution >= 4 is 40.6 Å². The molecule has 33 heavy (non-hydrogen) atoms. The molecule has 0 spiro atoms. The van der Waals surface area contributed by atoms with Gasteiger partial charge in [0.15, 0.2) is 11.0 Å². The number of rotatable bonds is 7. The van der Waals surface area contributed by atoms with Crippen LogP contribution in [-0.4, -0.2) is 31.3 Å². The first kappa shape index (κ1) is 22.5. The van der Waals surface area contributed by atoms with Crippen molar-refractivity contribution in [2.45, 2.75) is 12.1 Å². The molecule has 0 aliphatic rings. The smallest absolute Gasteiger partial charge is 0.274 e. The Balaban J connectivity index is 1.56. The predicted molar refractivity (Wildman–Crippen MR) is 129 cm³/mol. The van der Waals surface area contributed by atoms with Crippen LogP contribution in [0.5, 0.6) is 0 Å². The van der Waals surface area contributed by atoms with Gasteiger partial charge < -0.3 is 5.32 Å². The highest BCUT2D eigenvalue weighted by molar-refractivity contribution is 7.99. The summed E-state index contributed by atoms with van der Waals surface area (Å²) in [5, 5.41) is 23.6. The molecule has 1 N–H and O–H groups in total. The number of amides is 1. The van der Waals surface area contributed by atoms with Gasteiger partial charge in [-0.05, 0) is 49.4 Å². The average molecular weight is 480 g/mol. The van der Waals surface area contributed by atoms with Crippen molar-refractivity contribution in [2.24, 2.45) is 0 Å². The van der Waals surface area contributed by atoms with Crippen molar-refractivity contribution in [1.29, 1.82) is 0 Å². The van der Waals surface area contributed by atoms with E-state index >= 15 is 0 Å². The van der Waals surface area contributed by atoms with Crippen LogP contribution >= 0.6 is 23.4 Å². The van der Waals surface area contributed by atoms with E-state index in [1.165, 1.54) is 17.8 Å². The molecule has 4 aromatic rings. The zero-order valence-electron chi connectivity index (χ0n) is 17.4. The van der Waals surface area contributed by atoms with Gasteiger partial charge in [0, 0.05) is 33.6 Å². The van der Waals surface area contributed by atoms with Gasteiger partial charge in [0.1, 0.15) is 0 Å². The highest BCUT2D eigenvalue weighted by Crippen LogP contribution is 2.29. The fraction of sp³-hybridized carbons (Fsp3) is 0.0870. The molecule has 0 radical (unpaired) electrons. The first-order chi connectivity index (χ1) is 15.9. The monoisotopic (exact) mass is 479 g/mol. The number of anilines is 1. The van der Waals surface area contributed by atoms with E-state index in [4.69, 9.17) is 11.6 Å². The molecule has 1 aromatic heterocycles. The SMILES string of the molecule is Cc1ccc(NC(=O)CSc2nnc(-c3ccc(Cl)cc3)n2-c2ccccc2)cc1[N+](=O)[O-]. The van der Waals surface area contributed by atoms with Gasteiger partial charge in [-0.1, -0.05) is 47.6 Å². The van der Waals surface area contributed by atoms with Crippen LogP contribution in [0.15, 0.2) is 78.0 Å². The van der Waals surface area contributed by atoms with Crippen LogP contribution in [0.3, 0.4) is 0 Å². The van der Waals surface area contributed by atoms with Gasteiger partial charge in [0.25, 0.3) is 5.69 Å². The number of benzene rings is 3. The highest BCUT2D eigenvalue weighted by Gasteiger charge is 2.18. The van der Waals surface area contributed by atoms with Gasteiger partial charge in [-0.3, -0.25) is 19.5 Å². The Morgan fingerprint density at radius 2 is 1.82 bits per heavy atom. The number of hydrogen-bond acceptors (Lipinski definition) is 6. The summed E-state index contributed by atoms with van der Waals surface area (Å²) in [5.74, 6) is 0.358. The van der Waals surface area contributed by atoms with Gasteiger partial charge >= 0.3 is 0 Å². The molecular formula is C23H18ClN5O3S. The molecule has 0 fully saturated rings. The third-order valence-electron chi connectivity index (χ3n) is 4.77. The zero-order chi connectivity index (χ0) is 23.4. The van der Waals surface area contributed by atoms with Gasteiger partial charge in [-0.2, -0.15) is 0 Å². The Hall–Kier alpha value is -3.69. The van der Waals surface area contributed by atoms with Gasteiger partial charge in [-0.15, -0.1) is 10.2 Å². The third kappa shape index (κ3) is 5.21. The van der Waals surface area contributed by atoms with E-state index in [0.29, 0.717) is 27.3 Å². The molecule has 0 atom stereocenters. The first-order valence-corrected chi connectivity index (χ1v) is 11.2. The largest absolute Gasteiger partial charge is 0.325 e. The molecule has 0 aliphatic heterocycles. The van der Waals surface area contributed by atoms with E-state index < -0.39 is 4.92 Å². The minimum absolute atomic E-state index is 0.0446. The molecule has 3 aromatic carbocycles. The van der Waals surface area contributed by atoms with E-state index in [-0.39, 0.29) is 17.3 Å². The molecule has 4 rings (SSSR count). The molecule has 8 nitrogen and oxygen atoms in total. The molecule has 0 saturated heterocycles. The minimum Gasteiger partial charge on any atom is -0.325 e. The van der Waals surface area contributed by atoms with E-state index in [0.717, 1.165) is 11.3 Å². The van der Waals surface area contributed by atoms with Crippen molar-refractivity contribution < 1.29 is 9.72 Å². The highest BCUT2D eigenvalue weighted by atomic mass is 35.5. The molecule has 0 aliphatic carbocycles. The lowest BCUT2D eigenvalue weighted by Crippen LogP contribution is -2.14. The quantitative estimate of drug-likeness (QED) is 0.212. The summed E-state index contributed by atoms with van der Waals surface area (Å²) in [6.07, 6.45) is 0. The van der Waals surface area contributed by atoms with Crippen molar-refractivity contribution in [2.75, 3.05) is 11.1 Å². The number of nitrogens with zero attached hydrogens (tertiary/aromatic N) is 4. The fourth-order valence-corrected chi connectivity index (χ4v) is 4.05. The van der Waals surface area contributed by atoms with Crippen LogP contribution in [0.4, 0.5) is 11.4 Å². The summed E-state index contributed by atoms with van der Waals surface area (Å²) in [5.41, 5.74) is 2.53. The maximum atomic E-state index is 12.5. The topological polar surface area (TPSA) is 103 Å². The second-order valence-corrected chi connectivity index (χ2v) is 8.46. The second kappa shape index (κ2) is 9.85. The van der Waals surface area contributed by atoms with Crippen LogP contribution in [-0.2, 0) is 4.79 Å². The molecule has 0 bridgehead atoms. The molecule has 10 heteroatoms. The summed E-state index contributed by atoms with van der Waals surface area (Å²) in [4.78, 5) is 23.2. The molecule has 1 heterocycles. The first-order valence-electron chi connectivity index (χ1n) is 9.87. The number of aromatic nitrogens is 3. The normalized spacial score (nSPS) is 10.7. The number of thioether (sulfide) groups is 1. The van der Waals surface area contributed by atoms with Gasteiger partial charge in [0.05, 0.1) is 10.7 Å². The van der Waals surface area contributed by atoms with E-state index in [1.807, 2.05) is 47.0 Å². The number of para-hydroxylation sites is 1. The lowest BCUT2D eigenvalue weighted by Gasteiger charge is -2.10. The van der Waals surface area contributed by atoms with Crippen molar-refractivity contribution in [3.05, 3.63) is 93.5 Å². The number of nitro groups is 1. The summed E-state index contributed by atoms with van der Waals surface area (Å²) in [6.45, 7) is 1.65. The molecular weight excluding hydrogens is 462 g/mol. The maximum absolute atomic E-state index is 12.5. The Morgan fingerprint density at radius 1 is 1.09 bits per heavy atom. The van der Waals surface area contributed by atoms with Crippen molar-refractivity contribution in [3.8, 4) is 17.1 Å². The van der Waals surface area contributed by atoms with E-state index in [9.17, 15) is 14.9 Å². The summed E-state index contributed by atoms with van der Waals surface area (Å²) < 4.78 is 1.87. The number of hydrogen-bond donors (Lipinski definition) is 1. The molecule has 1 amide bonds. The lowest BCUT2D eigenvalue weighted by molar-refractivity contribution is -0.385. The summed E-state index contributed by atoms with van der Waals surface area (Å²) in [7, 11) is 0. The summed E-state index contributed by atoms with van der Waals surface area (Å²) >= 11 is 7.24. The number of carbonyl (C=O) groups is 1. The predicted octanol–water partition coefficient (Wildman–Crippen LogP) is 5.54. The number of aryl methyl sites for hydroxylation is 1. The molecule has 0 saturated carbocycles. The Bertz CT molecular complexity index is 1310. The van der Waals surface area contributed by atoms with Crippen molar-refractivity contribution in [1.82, 2.24) is 14.8 Å². The third-order valence-corrected chi connectivity index (χ3v) is 5.95. The Morgan fingerprint density at radius 3 is 2.52 bits per heavy atom. The fourth-order valence-electron chi connectivity index (χ4n) is 3.17. The van der Waals surface area contributed by atoms with Crippen LogP contribution in [0.25, 0.3) is 17.1 Å². The average Bonchev–Trinajstić information content (AvgIpc) is 3.24. The van der Waals surface area contributed by atoms with E-state index in [1.54, 1.807) is 31.2 Å². The van der Waals surface area contributed by atoms with Gasteiger partial charge in [0.2, 0.25) is 5.91 Å². The number of carbonyl (C=O) groups excluding carboxylic acids is 1. The van der Waals surface area contributed by atoms with Gasteiger partial charge in [-0.25, -0.2) is 0 Å². The van der Waals surface area contributed by atoms with E-state index in [2.05, 4.69) is 15.5 Å². The standard InChI is InChI=1S/C23H18ClN5O3S/c1-15-7-12-18(13-20(15)29(31)32)25-21(30)14-33-23-27-26-22(16-8-10-17(24)11-9-16)28(23)19-5-3-2-4-6-19/h2-13H,14H2,1H3,(H,25,30). The molecule has 0 unspecified atom stereocenters. The number of nitro benzene ring substituents is 1. The Kier molecular flexibility index (Phi) is 6.71. The van der Waals surface area contributed by atoms with Crippen molar-refractivity contribution in [3.63, 3.8) is 0 Å². The zero-order valence-corrected chi connectivity index (χ0v) is 19.0. The van der Waals surface area contributed by atoms with Crippen LogP contribution < -0.4 is 5.32 Å². The Labute approximate surface area is 198 Å². The summed E-state index contributed by atoms with van der Waals surface area (Å²) in [6, 6.07) is 21.5. The minimum atomic E-state index is -0.472. The number of halogens is 1. The van der Waals surface area contributed by atoms with Crippen LogP contribution in [0, 0.1) is 17.0 Å². The maximum Gasteiger partial charge on any atom is 0.274 e. The van der Waals surface area contributed by atoms with Crippen LogP contribution in [0.2, 0.25) is 5.02 Å². The van der Waals surface area contributed by atoms with Crippen LogP contribution in [0.1, 0.15) is 5.56 Å². The molecule has 166 valence electrons. The lowest BCUT2D eigenvalue weighted by atomic mass is 10.2.